The van der Waals surface area contributed by atoms with Gasteiger partial charge in [0.2, 0.25) is 5.91 Å². The predicted molar refractivity (Wildman–Crippen MR) is 72.4 cm³/mol. The highest BCUT2D eigenvalue weighted by Gasteiger charge is 2.30. The monoisotopic (exact) mass is 321 g/mol. The van der Waals surface area contributed by atoms with Crippen LogP contribution in [0.25, 0.3) is 0 Å². The van der Waals surface area contributed by atoms with E-state index in [1.807, 2.05) is 0 Å². The maximum Gasteiger partial charge on any atom is 0.326 e. The van der Waals surface area contributed by atoms with Gasteiger partial charge in [-0.2, -0.15) is 0 Å². The molecule has 1 rings (SSSR count). The average molecular weight is 321 g/mol. The summed E-state index contributed by atoms with van der Waals surface area (Å²) in [6.45, 7) is 0. The lowest BCUT2D eigenvalue weighted by atomic mass is 10.0. The van der Waals surface area contributed by atoms with Crippen LogP contribution < -0.4 is 5.32 Å². The van der Waals surface area contributed by atoms with Crippen LogP contribution in [0.2, 0.25) is 0 Å². The summed E-state index contributed by atoms with van der Waals surface area (Å²) in [5.74, 6) is -3.03. The Hall–Kier alpha value is -1.64. The van der Waals surface area contributed by atoms with E-state index in [0.29, 0.717) is 6.42 Å². The zero-order valence-corrected chi connectivity index (χ0v) is 12.3. The van der Waals surface area contributed by atoms with Crippen LogP contribution in [0, 0.1) is 5.92 Å². The van der Waals surface area contributed by atoms with Crippen molar-refractivity contribution in [2.24, 2.45) is 5.92 Å². The van der Waals surface area contributed by atoms with Crippen molar-refractivity contribution in [3.63, 3.8) is 0 Å². The molecule has 3 N–H and O–H groups in total. The van der Waals surface area contributed by atoms with Gasteiger partial charge >= 0.3 is 11.9 Å². The van der Waals surface area contributed by atoms with Crippen molar-refractivity contribution in [2.45, 2.75) is 38.1 Å². The van der Waals surface area contributed by atoms with Crippen molar-refractivity contribution in [2.75, 3.05) is 11.5 Å². The molecule has 0 saturated carbocycles. The summed E-state index contributed by atoms with van der Waals surface area (Å²) < 4.78 is 22.6. The number of carbonyl (C=O) groups is 3. The van der Waals surface area contributed by atoms with Crippen molar-refractivity contribution in [3.05, 3.63) is 0 Å². The first-order chi connectivity index (χ1) is 9.69. The second kappa shape index (κ2) is 7.39. The Morgan fingerprint density at radius 2 is 1.90 bits per heavy atom. The smallest absolute Gasteiger partial charge is 0.326 e. The Morgan fingerprint density at radius 3 is 2.38 bits per heavy atom. The van der Waals surface area contributed by atoms with Gasteiger partial charge in [0.1, 0.15) is 6.04 Å². The molecule has 1 heterocycles. The molecule has 0 bridgehead atoms. The largest absolute Gasteiger partial charge is 0.481 e. The zero-order valence-electron chi connectivity index (χ0n) is 11.4. The summed E-state index contributed by atoms with van der Waals surface area (Å²) in [5, 5.41) is 19.8. The van der Waals surface area contributed by atoms with Crippen molar-refractivity contribution >= 4 is 27.7 Å². The van der Waals surface area contributed by atoms with Crippen LogP contribution in [0.5, 0.6) is 0 Å². The van der Waals surface area contributed by atoms with E-state index in [2.05, 4.69) is 5.32 Å². The number of aliphatic carboxylic acids is 2. The van der Waals surface area contributed by atoms with Crippen molar-refractivity contribution in [1.82, 2.24) is 5.32 Å². The Kier molecular flexibility index (Phi) is 6.13. The van der Waals surface area contributed by atoms with Gasteiger partial charge < -0.3 is 15.5 Å². The molecular formula is C12H19NO7S. The standard InChI is InChI=1S/C12H19NO7S/c14-10(6-8-4-5-21(19,20)7-8)13-9(12(17)18)2-1-3-11(15)16/h8-9H,1-7H2,(H,13,14)(H,15,16)(H,17,18)/t8?,9-/m1/s1. The number of amides is 1. The Bertz CT molecular complexity index is 514. The highest BCUT2D eigenvalue weighted by Crippen LogP contribution is 2.21. The van der Waals surface area contributed by atoms with Crippen LogP contribution in [0.15, 0.2) is 0 Å². The molecule has 0 aromatic heterocycles. The second-order valence-corrected chi connectivity index (χ2v) is 7.45. The topological polar surface area (TPSA) is 138 Å². The number of rotatable bonds is 8. The van der Waals surface area contributed by atoms with Crippen molar-refractivity contribution < 1.29 is 33.0 Å². The molecular weight excluding hydrogens is 302 g/mol. The van der Waals surface area contributed by atoms with Crippen LogP contribution >= 0.6 is 0 Å². The first-order valence-electron chi connectivity index (χ1n) is 6.64. The quantitative estimate of drug-likeness (QED) is 0.554. The van der Waals surface area contributed by atoms with E-state index >= 15 is 0 Å². The second-order valence-electron chi connectivity index (χ2n) is 5.22. The third-order valence-corrected chi connectivity index (χ3v) is 5.15. The summed E-state index contributed by atoms with van der Waals surface area (Å²) in [4.78, 5) is 33.1. The minimum atomic E-state index is -3.07. The Balaban J connectivity index is 2.42. The SMILES string of the molecule is O=C(O)CCC[C@@H](NC(=O)CC1CCS(=O)(=O)C1)C(=O)O. The lowest BCUT2D eigenvalue weighted by Crippen LogP contribution is -2.41. The van der Waals surface area contributed by atoms with Gasteiger partial charge in [-0.05, 0) is 25.2 Å². The van der Waals surface area contributed by atoms with Crippen LogP contribution in [-0.2, 0) is 24.2 Å². The molecule has 1 fully saturated rings. The van der Waals surface area contributed by atoms with Crippen LogP contribution in [0.1, 0.15) is 32.1 Å². The van der Waals surface area contributed by atoms with Crippen LogP contribution in [0.4, 0.5) is 0 Å². The number of carboxylic acid groups (broad SMARTS) is 2. The molecule has 0 radical (unpaired) electrons. The van der Waals surface area contributed by atoms with E-state index in [-0.39, 0.29) is 43.1 Å². The minimum Gasteiger partial charge on any atom is -0.481 e. The lowest BCUT2D eigenvalue weighted by Gasteiger charge is -2.15. The third kappa shape index (κ3) is 6.56. The summed E-state index contributed by atoms with van der Waals surface area (Å²) in [6.07, 6.45) is 0.385. The van der Waals surface area contributed by atoms with E-state index in [9.17, 15) is 22.8 Å². The summed E-state index contributed by atoms with van der Waals surface area (Å²) >= 11 is 0. The van der Waals surface area contributed by atoms with Crippen LogP contribution in [0.3, 0.4) is 0 Å². The molecule has 8 nitrogen and oxygen atoms in total. The zero-order chi connectivity index (χ0) is 16.0. The van der Waals surface area contributed by atoms with Crippen molar-refractivity contribution in [1.29, 1.82) is 0 Å². The van der Waals surface area contributed by atoms with E-state index in [1.165, 1.54) is 0 Å². The molecule has 0 aliphatic carbocycles. The number of hydrogen-bond acceptors (Lipinski definition) is 5. The van der Waals surface area contributed by atoms with Gasteiger partial charge in [-0.3, -0.25) is 9.59 Å². The first kappa shape index (κ1) is 17.4. The molecule has 1 amide bonds. The minimum absolute atomic E-state index is 0.0241. The van der Waals surface area contributed by atoms with Gasteiger partial charge in [0, 0.05) is 12.8 Å². The first-order valence-corrected chi connectivity index (χ1v) is 8.46. The Morgan fingerprint density at radius 1 is 1.24 bits per heavy atom. The maximum atomic E-state index is 11.7. The summed E-state index contributed by atoms with van der Waals surface area (Å²) in [6, 6.07) is -1.14. The molecule has 1 unspecified atom stereocenters. The Labute approximate surface area is 122 Å². The molecule has 21 heavy (non-hydrogen) atoms. The van der Waals surface area contributed by atoms with Gasteiger partial charge in [-0.25, -0.2) is 13.2 Å². The van der Waals surface area contributed by atoms with E-state index < -0.39 is 33.7 Å². The van der Waals surface area contributed by atoms with Gasteiger partial charge in [0.15, 0.2) is 9.84 Å². The van der Waals surface area contributed by atoms with Gasteiger partial charge in [-0.15, -0.1) is 0 Å². The van der Waals surface area contributed by atoms with Crippen molar-refractivity contribution in [3.8, 4) is 0 Å². The predicted octanol–water partition coefficient (Wildman–Crippen LogP) is -0.364. The fourth-order valence-electron chi connectivity index (χ4n) is 2.26. The van der Waals surface area contributed by atoms with Gasteiger partial charge in [-0.1, -0.05) is 0 Å². The van der Waals surface area contributed by atoms with Gasteiger partial charge in [0.05, 0.1) is 11.5 Å². The van der Waals surface area contributed by atoms with Crippen LogP contribution in [-0.4, -0.2) is 54.0 Å². The maximum absolute atomic E-state index is 11.7. The fourth-order valence-corrected chi connectivity index (χ4v) is 4.13. The lowest BCUT2D eigenvalue weighted by molar-refractivity contribution is -0.142. The molecule has 2 atom stereocenters. The number of sulfone groups is 1. The molecule has 1 aliphatic heterocycles. The molecule has 0 spiro atoms. The summed E-state index contributed by atoms with van der Waals surface area (Å²) in [7, 11) is -3.07. The fraction of sp³-hybridized carbons (Fsp3) is 0.750. The average Bonchev–Trinajstić information content (AvgIpc) is 2.66. The normalized spacial score (nSPS) is 21.6. The molecule has 1 saturated heterocycles. The third-order valence-electron chi connectivity index (χ3n) is 3.32. The molecule has 9 heteroatoms. The molecule has 120 valence electrons. The highest BCUT2D eigenvalue weighted by atomic mass is 32.2. The highest BCUT2D eigenvalue weighted by molar-refractivity contribution is 7.91. The molecule has 0 aromatic rings. The number of carbonyl (C=O) groups excluding carboxylic acids is 1. The molecule has 0 aromatic carbocycles. The number of nitrogens with one attached hydrogen (secondary N) is 1. The summed E-state index contributed by atoms with van der Waals surface area (Å²) in [5.41, 5.74) is 0. The van der Waals surface area contributed by atoms with Gasteiger partial charge in [0.25, 0.3) is 0 Å². The molecule has 1 aliphatic rings. The number of carboxylic acids is 2. The van der Waals surface area contributed by atoms with E-state index in [0.717, 1.165) is 0 Å². The number of hydrogen-bond donors (Lipinski definition) is 3. The van der Waals surface area contributed by atoms with E-state index in [4.69, 9.17) is 10.2 Å². The van der Waals surface area contributed by atoms with E-state index in [1.54, 1.807) is 0 Å².